The van der Waals surface area contributed by atoms with Gasteiger partial charge in [-0.3, -0.25) is 9.48 Å². The molecule has 8 heteroatoms. The van der Waals surface area contributed by atoms with Crippen molar-refractivity contribution in [1.82, 2.24) is 29.5 Å². The molecule has 3 aromatic rings. The van der Waals surface area contributed by atoms with Crippen LogP contribution in [-0.4, -0.2) is 80.9 Å². The van der Waals surface area contributed by atoms with Gasteiger partial charge in [-0.1, -0.05) is 0 Å². The normalized spacial score (nSPS) is 22.7. The number of H-pyrrole nitrogens is 1. The first-order valence-electron chi connectivity index (χ1n) is 10.3. The van der Waals surface area contributed by atoms with Crippen LogP contribution in [0.5, 0.6) is 0 Å². The molecule has 5 rings (SSSR count). The summed E-state index contributed by atoms with van der Waals surface area (Å²) < 4.78 is 7.87. The third-order valence-corrected chi connectivity index (χ3v) is 5.89. The van der Waals surface area contributed by atoms with Gasteiger partial charge < -0.3 is 19.5 Å². The number of nitrogens with zero attached hydrogens (tertiary/aromatic N) is 5. The van der Waals surface area contributed by atoms with Gasteiger partial charge in [0.25, 0.3) is 5.91 Å². The summed E-state index contributed by atoms with van der Waals surface area (Å²) >= 11 is 0. The average Bonchev–Trinajstić information content (AvgIpc) is 3.32. The van der Waals surface area contributed by atoms with E-state index in [4.69, 9.17) is 4.74 Å². The topological polar surface area (TPSA) is 79.3 Å². The van der Waals surface area contributed by atoms with E-state index >= 15 is 0 Å². The maximum atomic E-state index is 13.3. The molecular formula is C21H26N6O2. The number of carbonyl (C=O) groups is 1. The van der Waals surface area contributed by atoms with Gasteiger partial charge in [0.05, 0.1) is 36.6 Å². The summed E-state index contributed by atoms with van der Waals surface area (Å²) in [5.74, 6) is 0.424. The Balaban J connectivity index is 1.29. The lowest BCUT2D eigenvalue weighted by molar-refractivity contribution is 0.0435. The zero-order valence-corrected chi connectivity index (χ0v) is 16.4. The van der Waals surface area contributed by atoms with E-state index in [1.165, 1.54) is 0 Å². The van der Waals surface area contributed by atoms with Crippen molar-refractivity contribution in [3.05, 3.63) is 48.5 Å². The van der Waals surface area contributed by atoms with Crippen molar-refractivity contribution in [2.24, 2.45) is 5.92 Å². The predicted molar refractivity (Wildman–Crippen MR) is 109 cm³/mol. The molecule has 29 heavy (non-hydrogen) atoms. The highest BCUT2D eigenvalue weighted by molar-refractivity contribution is 5.97. The van der Waals surface area contributed by atoms with E-state index in [1.54, 1.807) is 6.33 Å². The summed E-state index contributed by atoms with van der Waals surface area (Å²) in [5.41, 5.74) is 2.48. The summed E-state index contributed by atoms with van der Waals surface area (Å²) in [6.45, 7) is 5.82. The molecule has 0 saturated carbocycles. The molecule has 2 atom stereocenters. The van der Waals surface area contributed by atoms with Crippen LogP contribution in [-0.2, 0) is 11.3 Å². The van der Waals surface area contributed by atoms with Crippen molar-refractivity contribution in [2.45, 2.75) is 19.0 Å². The van der Waals surface area contributed by atoms with Crippen LogP contribution in [0.2, 0.25) is 0 Å². The Morgan fingerprint density at radius 3 is 3.07 bits per heavy atom. The van der Waals surface area contributed by atoms with E-state index in [-0.39, 0.29) is 11.9 Å². The second kappa shape index (κ2) is 7.96. The minimum absolute atomic E-state index is 0.0807. The fourth-order valence-electron chi connectivity index (χ4n) is 4.49. The van der Waals surface area contributed by atoms with Crippen LogP contribution in [0, 0.1) is 5.92 Å². The van der Waals surface area contributed by atoms with Gasteiger partial charge in [-0.2, -0.15) is 5.10 Å². The number of aromatic nitrogens is 4. The van der Waals surface area contributed by atoms with Gasteiger partial charge in [0.15, 0.2) is 0 Å². The van der Waals surface area contributed by atoms with Crippen molar-refractivity contribution < 1.29 is 9.53 Å². The fraction of sp³-hybridized carbons (Fsp3) is 0.476. The summed E-state index contributed by atoms with van der Waals surface area (Å²) in [4.78, 5) is 25.2. The number of ether oxygens (including phenoxy) is 1. The van der Waals surface area contributed by atoms with E-state index < -0.39 is 0 Å². The lowest BCUT2D eigenvalue weighted by Crippen LogP contribution is -2.46. The standard InChI is InChI=1S/C21H26N6O2/c28-21(17-3-4-19-20(9-17)23-15-22-19)27-11-16-10-25(12-18(27)14-29-13-16)6-2-8-26-7-1-5-24-26/h1,3-5,7,9,15-16,18H,2,6,8,10-14H2,(H,22,23)/t16-,18-/m0/s1. The van der Waals surface area contributed by atoms with Gasteiger partial charge in [-0.15, -0.1) is 0 Å². The van der Waals surface area contributed by atoms with Gasteiger partial charge in [0, 0.05) is 50.1 Å². The average molecular weight is 394 g/mol. The van der Waals surface area contributed by atoms with Crippen LogP contribution in [0.15, 0.2) is 43.0 Å². The Morgan fingerprint density at radius 1 is 1.21 bits per heavy atom. The minimum atomic E-state index is 0.0807. The van der Waals surface area contributed by atoms with Gasteiger partial charge in [0.1, 0.15) is 0 Å². The first-order chi connectivity index (χ1) is 14.3. The Bertz CT molecular complexity index is 969. The highest BCUT2D eigenvalue weighted by atomic mass is 16.5. The summed E-state index contributed by atoms with van der Waals surface area (Å²) in [7, 11) is 0. The van der Waals surface area contributed by atoms with Crippen molar-refractivity contribution in [2.75, 3.05) is 39.4 Å². The molecule has 1 aromatic carbocycles. The van der Waals surface area contributed by atoms with E-state index in [1.807, 2.05) is 46.2 Å². The Kier molecular flexibility index (Phi) is 5.03. The Labute approximate surface area is 169 Å². The molecule has 2 aliphatic rings. The predicted octanol–water partition coefficient (Wildman–Crippen LogP) is 1.62. The zero-order chi connectivity index (χ0) is 19.6. The number of amides is 1. The number of rotatable bonds is 5. The van der Waals surface area contributed by atoms with Crippen molar-refractivity contribution in [3.63, 3.8) is 0 Å². The van der Waals surface area contributed by atoms with E-state index in [9.17, 15) is 4.79 Å². The number of carbonyl (C=O) groups excluding carboxylic acids is 1. The first-order valence-corrected chi connectivity index (χ1v) is 10.3. The van der Waals surface area contributed by atoms with E-state index in [0.29, 0.717) is 18.1 Å². The molecule has 2 bridgehead atoms. The lowest BCUT2D eigenvalue weighted by atomic mass is 10.1. The number of hydrogen-bond acceptors (Lipinski definition) is 5. The molecule has 0 unspecified atom stereocenters. The van der Waals surface area contributed by atoms with Crippen molar-refractivity contribution >= 4 is 16.9 Å². The van der Waals surface area contributed by atoms with Crippen LogP contribution < -0.4 is 0 Å². The van der Waals surface area contributed by atoms with E-state index in [0.717, 1.165) is 56.8 Å². The smallest absolute Gasteiger partial charge is 0.254 e. The van der Waals surface area contributed by atoms with E-state index in [2.05, 4.69) is 20.0 Å². The third-order valence-electron chi connectivity index (χ3n) is 5.89. The second-order valence-electron chi connectivity index (χ2n) is 8.03. The molecule has 1 N–H and O–H groups in total. The number of benzene rings is 1. The minimum Gasteiger partial charge on any atom is -0.379 e. The number of nitrogens with one attached hydrogen (secondary N) is 1. The molecule has 0 radical (unpaired) electrons. The summed E-state index contributed by atoms with van der Waals surface area (Å²) in [6, 6.07) is 7.72. The molecule has 2 aromatic heterocycles. The number of aryl methyl sites for hydroxylation is 1. The quantitative estimate of drug-likeness (QED) is 0.711. The highest BCUT2D eigenvalue weighted by Gasteiger charge is 2.36. The van der Waals surface area contributed by atoms with Gasteiger partial charge in [-0.25, -0.2) is 4.98 Å². The monoisotopic (exact) mass is 394 g/mol. The first kappa shape index (κ1) is 18.3. The second-order valence-corrected chi connectivity index (χ2v) is 8.03. The van der Waals surface area contributed by atoms with Crippen LogP contribution in [0.1, 0.15) is 16.8 Å². The number of imidazole rings is 1. The molecule has 1 amide bonds. The van der Waals surface area contributed by atoms with Gasteiger partial charge in [-0.05, 0) is 37.2 Å². The SMILES string of the molecule is O=C(c1ccc2nc[nH]c2c1)N1C[C@H]2COC[C@@H]1CN(CCCn1cccn1)C2. The number of fused-ring (bicyclic) bond motifs is 4. The molecule has 2 saturated heterocycles. The van der Waals surface area contributed by atoms with Crippen LogP contribution in [0.4, 0.5) is 0 Å². The van der Waals surface area contributed by atoms with Crippen LogP contribution in [0.3, 0.4) is 0 Å². The maximum absolute atomic E-state index is 13.3. The highest BCUT2D eigenvalue weighted by Crippen LogP contribution is 2.23. The Hall–Kier alpha value is -2.71. The lowest BCUT2D eigenvalue weighted by Gasteiger charge is -2.31. The molecule has 8 nitrogen and oxygen atoms in total. The van der Waals surface area contributed by atoms with Crippen LogP contribution >= 0.6 is 0 Å². The molecule has 0 spiro atoms. The third kappa shape index (κ3) is 3.90. The molecule has 152 valence electrons. The van der Waals surface area contributed by atoms with Gasteiger partial charge >= 0.3 is 0 Å². The van der Waals surface area contributed by atoms with Crippen LogP contribution in [0.25, 0.3) is 11.0 Å². The number of hydrogen-bond donors (Lipinski definition) is 1. The summed E-state index contributed by atoms with van der Waals surface area (Å²) in [6.07, 6.45) is 6.53. The zero-order valence-electron chi connectivity index (χ0n) is 16.4. The molecule has 0 aliphatic carbocycles. The van der Waals surface area contributed by atoms with Crippen molar-refractivity contribution in [1.29, 1.82) is 0 Å². The number of aromatic amines is 1. The molecule has 4 heterocycles. The molecular weight excluding hydrogens is 368 g/mol. The maximum Gasteiger partial charge on any atom is 0.254 e. The van der Waals surface area contributed by atoms with Crippen molar-refractivity contribution in [3.8, 4) is 0 Å². The summed E-state index contributed by atoms with van der Waals surface area (Å²) in [5, 5.41) is 4.28. The largest absolute Gasteiger partial charge is 0.379 e. The fourth-order valence-corrected chi connectivity index (χ4v) is 4.49. The van der Waals surface area contributed by atoms with Gasteiger partial charge in [0.2, 0.25) is 0 Å². The molecule has 2 aliphatic heterocycles. The molecule has 2 fully saturated rings. The Morgan fingerprint density at radius 2 is 2.17 bits per heavy atom.